The lowest BCUT2D eigenvalue weighted by Gasteiger charge is -2.28. The maximum absolute atomic E-state index is 11.3. The van der Waals surface area contributed by atoms with Gasteiger partial charge in [0, 0.05) is 16.8 Å². The average molecular weight is 258 g/mol. The number of hydrogen-bond acceptors (Lipinski definition) is 5. The van der Waals surface area contributed by atoms with Gasteiger partial charge in [-0.3, -0.25) is 4.79 Å². The summed E-state index contributed by atoms with van der Waals surface area (Å²) in [4.78, 5) is 18.0. The van der Waals surface area contributed by atoms with E-state index in [2.05, 4.69) is 16.9 Å². The summed E-state index contributed by atoms with van der Waals surface area (Å²) >= 11 is 3.72. The Labute approximate surface area is 102 Å². The molecule has 2 heterocycles. The monoisotopic (exact) mass is 258 g/mol. The van der Waals surface area contributed by atoms with Crippen molar-refractivity contribution in [1.82, 2.24) is 9.97 Å². The smallest absolute Gasteiger partial charge is 0.254 e. The lowest BCUT2D eigenvalue weighted by molar-refractivity contribution is 0.447. The lowest BCUT2D eigenvalue weighted by Crippen LogP contribution is -2.22. The zero-order valence-electron chi connectivity index (χ0n) is 8.97. The SMILES string of the molecule is CCC1SCCSC1c1nc(O)cc(=O)[nH]1. The Morgan fingerprint density at radius 2 is 2.31 bits per heavy atom. The van der Waals surface area contributed by atoms with Crippen molar-refractivity contribution in [3.8, 4) is 5.88 Å². The molecule has 0 aromatic carbocycles. The average Bonchev–Trinajstić information content (AvgIpc) is 2.27. The van der Waals surface area contributed by atoms with E-state index in [1.165, 1.54) is 0 Å². The highest BCUT2D eigenvalue weighted by atomic mass is 32.2. The second-order valence-corrected chi connectivity index (χ2v) is 6.19. The molecule has 1 aliphatic heterocycles. The van der Waals surface area contributed by atoms with E-state index in [-0.39, 0.29) is 16.7 Å². The second-order valence-electron chi connectivity index (χ2n) is 3.60. The predicted octanol–water partition coefficient (Wildman–Crippen LogP) is 1.78. The van der Waals surface area contributed by atoms with E-state index in [0.29, 0.717) is 11.1 Å². The van der Waals surface area contributed by atoms with Gasteiger partial charge in [0.2, 0.25) is 5.88 Å². The first kappa shape index (κ1) is 11.9. The van der Waals surface area contributed by atoms with Crippen LogP contribution in [0.1, 0.15) is 24.4 Å². The van der Waals surface area contributed by atoms with E-state index in [9.17, 15) is 9.90 Å². The van der Waals surface area contributed by atoms with Gasteiger partial charge in [-0.25, -0.2) is 0 Å². The molecule has 0 bridgehead atoms. The minimum atomic E-state index is -0.284. The Kier molecular flexibility index (Phi) is 3.81. The maximum atomic E-state index is 11.3. The molecule has 2 unspecified atom stereocenters. The van der Waals surface area contributed by atoms with Crippen LogP contribution in [-0.2, 0) is 0 Å². The standard InChI is InChI=1S/C10H14N2O2S2/c1-2-6-9(16-4-3-15-6)10-11-7(13)5-8(14)12-10/h5-6,9H,2-4H2,1H3,(H2,11,12,13,14). The fourth-order valence-corrected chi connectivity index (χ4v) is 4.77. The molecule has 6 heteroatoms. The van der Waals surface area contributed by atoms with Crippen molar-refractivity contribution in [1.29, 1.82) is 0 Å². The van der Waals surface area contributed by atoms with Crippen LogP contribution in [0.2, 0.25) is 0 Å². The number of H-pyrrole nitrogens is 1. The number of aromatic amines is 1. The van der Waals surface area contributed by atoms with Crippen LogP contribution in [0.5, 0.6) is 5.88 Å². The van der Waals surface area contributed by atoms with Crippen molar-refractivity contribution >= 4 is 23.5 Å². The Hall–Kier alpha value is -0.620. The number of nitrogens with zero attached hydrogens (tertiary/aromatic N) is 1. The lowest BCUT2D eigenvalue weighted by atomic mass is 10.2. The van der Waals surface area contributed by atoms with Gasteiger partial charge in [-0.15, -0.1) is 11.8 Å². The van der Waals surface area contributed by atoms with Gasteiger partial charge in [0.15, 0.2) is 0 Å². The maximum Gasteiger partial charge on any atom is 0.254 e. The fourth-order valence-electron chi connectivity index (χ4n) is 1.75. The number of aromatic nitrogens is 2. The molecule has 2 N–H and O–H groups in total. The Bertz CT molecular complexity index is 422. The molecule has 16 heavy (non-hydrogen) atoms. The van der Waals surface area contributed by atoms with Gasteiger partial charge in [-0.05, 0) is 6.42 Å². The minimum absolute atomic E-state index is 0.184. The molecule has 88 valence electrons. The van der Waals surface area contributed by atoms with Gasteiger partial charge in [-0.1, -0.05) is 6.92 Å². The van der Waals surface area contributed by atoms with E-state index < -0.39 is 0 Å². The molecular formula is C10H14N2O2S2. The summed E-state index contributed by atoms with van der Waals surface area (Å²) in [5, 5.41) is 9.98. The summed E-state index contributed by atoms with van der Waals surface area (Å²) in [6, 6.07) is 1.10. The molecule has 0 saturated carbocycles. The topological polar surface area (TPSA) is 66.0 Å². The van der Waals surface area contributed by atoms with Crippen molar-refractivity contribution in [2.45, 2.75) is 23.8 Å². The molecule has 1 aromatic heterocycles. The number of thioether (sulfide) groups is 2. The summed E-state index contributed by atoms with van der Waals surface area (Å²) in [5.41, 5.74) is -0.284. The molecule has 2 rings (SSSR count). The third kappa shape index (κ3) is 2.55. The van der Waals surface area contributed by atoms with Gasteiger partial charge < -0.3 is 10.1 Å². The van der Waals surface area contributed by atoms with E-state index in [1.54, 1.807) is 11.8 Å². The van der Waals surface area contributed by atoms with Gasteiger partial charge >= 0.3 is 0 Å². The van der Waals surface area contributed by atoms with Crippen molar-refractivity contribution < 1.29 is 5.11 Å². The Morgan fingerprint density at radius 3 is 3.00 bits per heavy atom. The van der Waals surface area contributed by atoms with Crippen LogP contribution in [0, 0.1) is 0 Å². The fraction of sp³-hybridized carbons (Fsp3) is 0.600. The highest BCUT2D eigenvalue weighted by Crippen LogP contribution is 2.42. The van der Waals surface area contributed by atoms with Crippen LogP contribution >= 0.6 is 23.5 Å². The molecule has 0 aliphatic carbocycles. The molecule has 1 aromatic rings. The van der Waals surface area contributed by atoms with Crippen LogP contribution in [0.25, 0.3) is 0 Å². The third-order valence-corrected chi connectivity index (χ3v) is 5.72. The van der Waals surface area contributed by atoms with Crippen molar-refractivity contribution in [2.24, 2.45) is 0 Å². The van der Waals surface area contributed by atoms with Crippen molar-refractivity contribution in [3.63, 3.8) is 0 Å². The summed E-state index contributed by atoms with van der Waals surface area (Å²) in [6.07, 6.45) is 1.04. The molecule has 0 spiro atoms. The van der Waals surface area contributed by atoms with Crippen LogP contribution in [0.15, 0.2) is 10.9 Å². The van der Waals surface area contributed by atoms with E-state index in [0.717, 1.165) is 24.0 Å². The van der Waals surface area contributed by atoms with E-state index in [4.69, 9.17) is 0 Å². The summed E-state index contributed by atoms with van der Waals surface area (Å²) in [5.74, 6) is 2.62. The van der Waals surface area contributed by atoms with Crippen LogP contribution < -0.4 is 5.56 Å². The van der Waals surface area contributed by atoms with Gasteiger partial charge in [0.1, 0.15) is 5.82 Å². The van der Waals surface area contributed by atoms with Crippen LogP contribution in [0.4, 0.5) is 0 Å². The van der Waals surface area contributed by atoms with Crippen LogP contribution in [-0.4, -0.2) is 31.8 Å². The molecular weight excluding hydrogens is 244 g/mol. The molecule has 4 nitrogen and oxygen atoms in total. The number of aromatic hydroxyl groups is 1. The summed E-state index contributed by atoms with van der Waals surface area (Å²) in [7, 11) is 0. The first-order chi connectivity index (χ1) is 7.70. The van der Waals surface area contributed by atoms with Crippen molar-refractivity contribution in [2.75, 3.05) is 11.5 Å². The molecule has 1 fully saturated rings. The first-order valence-corrected chi connectivity index (χ1v) is 7.34. The number of rotatable bonds is 2. The molecule has 0 radical (unpaired) electrons. The van der Waals surface area contributed by atoms with E-state index in [1.807, 2.05) is 11.8 Å². The second kappa shape index (κ2) is 5.14. The number of nitrogens with one attached hydrogen (secondary N) is 1. The largest absolute Gasteiger partial charge is 0.493 e. The van der Waals surface area contributed by atoms with Crippen LogP contribution in [0.3, 0.4) is 0 Å². The predicted molar refractivity (Wildman–Crippen MR) is 68.3 cm³/mol. The molecule has 1 saturated heterocycles. The highest BCUT2D eigenvalue weighted by molar-refractivity contribution is 8.06. The Morgan fingerprint density at radius 1 is 1.56 bits per heavy atom. The summed E-state index contributed by atoms with van der Waals surface area (Å²) < 4.78 is 0. The normalized spacial score (nSPS) is 25.6. The van der Waals surface area contributed by atoms with Gasteiger partial charge in [0.25, 0.3) is 5.56 Å². The molecule has 1 aliphatic rings. The number of hydrogen-bond donors (Lipinski definition) is 2. The third-order valence-electron chi connectivity index (χ3n) is 2.47. The minimum Gasteiger partial charge on any atom is -0.493 e. The summed E-state index contributed by atoms with van der Waals surface area (Å²) in [6.45, 7) is 2.14. The van der Waals surface area contributed by atoms with E-state index >= 15 is 0 Å². The van der Waals surface area contributed by atoms with Crippen molar-refractivity contribution in [3.05, 3.63) is 22.2 Å². The zero-order chi connectivity index (χ0) is 11.5. The Balaban J connectivity index is 2.30. The quantitative estimate of drug-likeness (QED) is 0.846. The van der Waals surface area contributed by atoms with Gasteiger partial charge in [0.05, 0.1) is 11.3 Å². The van der Waals surface area contributed by atoms with Gasteiger partial charge in [-0.2, -0.15) is 16.7 Å². The molecule has 0 amide bonds. The molecule has 2 atom stereocenters. The first-order valence-electron chi connectivity index (χ1n) is 5.24. The zero-order valence-corrected chi connectivity index (χ0v) is 10.6. The highest BCUT2D eigenvalue weighted by Gasteiger charge is 2.28.